The van der Waals surface area contributed by atoms with Gasteiger partial charge in [-0.1, -0.05) is 42.5 Å². The zero-order valence-electron chi connectivity index (χ0n) is 38.7. The number of anilines is 2. The standard InChI is InChI=1S/C17H27N3O4S.C10H13NO5S.C7H16N2.C5H11NO.C3H5ClO2.2CH4/c1-4-20-8-6-7-12(20)11-19-17(21)13-9-16(25(22,23)5-2)14(18)10-15(13)24-3;1-3-17(14,15)9-4-6(10(12)13)8(16-2)5-7(9)11;1-2-9-5-3-4-7(9)6-8;1-6-2-4-7-5-3-6;1-2-6-3(4)5;;/h9-10,12H,4-8,11,18H2,1-3H3,(H,19,21);4-5H,3,11H2,1-2H3,(H,12,13);7H,2-6,8H2,1H3;2-5H2,1H3;2H2,1H3;2*1H4/t12-;;7-;;;;/m1.1..../s1. The Morgan fingerprint density at radius 1 is 0.773 bits per heavy atom. The fourth-order valence-corrected chi connectivity index (χ4v) is 9.04. The normalized spacial score (nSPS) is 17.2. The number of benzene rings is 2. The van der Waals surface area contributed by atoms with Crippen LogP contribution in [0.5, 0.6) is 11.5 Å². The molecule has 2 atom stereocenters. The van der Waals surface area contributed by atoms with Crippen LogP contribution in [0.3, 0.4) is 0 Å². The molecule has 3 saturated heterocycles. The van der Waals surface area contributed by atoms with Crippen LogP contribution in [-0.4, -0.2) is 171 Å². The van der Waals surface area contributed by atoms with E-state index in [0.29, 0.717) is 25.2 Å². The number of nitrogen functional groups attached to an aromatic ring is 2. The lowest BCUT2D eigenvalue weighted by molar-refractivity contribution is 0.0503. The highest BCUT2D eigenvalue weighted by molar-refractivity contribution is 7.91. The van der Waals surface area contributed by atoms with Gasteiger partial charge in [-0.15, -0.1) is 0 Å². The molecular weight excluding hydrogens is 918 g/mol. The molecule has 8 N–H and O–H groups in total. The number of nitrogens with one attached hydrogen (secondary N) is 1. The second-order valence-corrected chi connectivity index (χ2v) is 19.5. The summed E-state index contributed by atoms with van der Waals surface area (Å²) in [6, 6.07) is 5.93. The molecular formula is C44H80ClN7O12S2. The topological polar surface area (TPSA) is 276 Å². The van der Waals surface area contributed by atoms with Gasteiger partial charge in [-0.3, -0.25) is 14.6 Å². The number of hydrogen-bond donors (Lipinski definition) is 5. The van der Waals surface area contributed by atoms with Gasteiger partial charge in [0.2, 0.25) is 0 Å². The summed E-state index contributed by atoms with van der Waals surface area (Å²) < 4.78 is 67.1. The molecule has 3 heterocycles. The van der Waals surface area contributed by atoms with E-state index in [2.05, 4.69) is 45.6 Å². The molecule has 1 amide bonds. The van der Waals surface area contributed by atoms with E-state index in [1.54, 1.807) is 6.92 Å². The predicted octanol–water partition coefficient (Wildman–Crippen LogP) is 5.09. The van der Waals surface area contributed by atoms with Gasteiger partial charge in [0.1, 0.15) is 17.1 Å². The molecule has 5 rings (SSSR count). The number of carboxylic acid groups (broad SMARTS) is 1. The smallest absolute Gasteiger partial charge is 0.403 e. The molecule has 66 heavy (non-hydrogen) atoms. The number of likely N-dealkylation sites (N-methyl/N-ethyl adjacent to an activating group) is 3. The number of rotatable bonds is 14. The first-order chi connectivity index (χ1) is 30.2. The number of ether oxygens (including phenoxy) is 4. The van der Waals surface area contributed by atoms with Gasteiger partial charge < -0.3 is 51.5 Å². The quantitative estimate of drug-likeness (QED) is 0.122. The van der Waals surface area contributed by atoms with Gasteiger partial charge in [0.25, 0.3) is 5.91 Å². The summed E-state index contributed by atoms with van der Waals surface area (Å²) >= 11 is 4.72. The molecule has 2 aromatic carbocycles. The summed E-state index contributed by atoms with van der Waals surface area (Å²) in [4.78, 5) is 40.0. The van der Waals surface area contributed by atoms with Crippen molar-refractivity contribution >= 4 is 60.0 Å². The van der Waals surface area contributed by atoms with Gasteiger partial charge >= 0.3 is 11.4 Å². The van der Waals surface area contributed by atoms with E-state index < -0.39 is 31.1 Å². The molecule has 22 heteroatoms. The molecule has 0 radical (unpaired) electrons. The number of nitrogens with zero attached hydrogens (tertiary/aromatic N) is 3. The molecule has 382 valence electrons. The zero-order chi connectivity index (χ0) is 48.6. The lowest BCUT2D eigenvalue weighted by Crippen LogP contribution is -2.40. The Morgan fingerprint density at radius 3 is 1.55 bits per heavy atom. The SMILES string of the molecule is C.C.CCN1CCC[C@@H]1CN.CCN1CCC[C@@H]1CNC(=O)c1cc(S(=O)(=O)CC)c(N)cc1OC.CCOC(=O)Cl.CCS(=O)(=O)c1cc(C(=O)O)c(OC)cc1N.CN1CCOCC1. The molecule has 0 saturated carbocycles. The summed E-state index contributed by atoms with van der Waals surface area (Å²) in [5.74, 6) is -1.56. The maximum Gasteiger partial charge on any atom is 0.403 e. The average Bonchev–Trinajstić information content (AvgIpc) is 3.95. The maximum absolute atomic E-state index is 12.6. The Labute approximate surface area is 399 Å². The molecule has 3 aliphatic rings. The Kier molecular flexibility index (Phi) is 31.8. The zero-order valence-corrected chi connectivity index (χ0v) is 41.1. The van der Waals surface area contributed by atoms with Crippen molar-refractivity contribution in [3.63, 3.8) is 0 Å². The maximum atomic E-state index is 12.6. The van der Waals surface area contributed by atoms with E-state index in [1.165, 1.54) is 72.2 Å². The predicted molar refractivity (Wildman–Crippen MR) is 264 cm³/mol. The summed E-state index contributed by atoms with van der Waals surface area (Å²) in [5, 5.41) is 11.8. The minimum Gasteiger partial charge on any atom is -0.496 e. The number of sulfone groups is 2. The highest BCUT2D eigenvalue weighted by Crippen LogP contribution is 2.30. The summed E-state index contributed by atoms with van der Waals surface area (Å²) in [5.41, 5.74) is 16.3. The van der Waals surface area contributed by atoms with Gasteiger partial charge in [0.05, 0.1) is 72.3 Å². The van der Waals surface area contributed by atoms with Crippen LogP contribution in [0.2, 0.25) is 0 Å². The lowest BCUT2D eigenvalue weighted by Gasteiger charge is -2.23. The molecule has 2 aromatic rings. The minimum absolute atomic E-state index is 0. The Bertz CT molecular complexity index is 1980. The highest BCUT2D eigenvalue weighted by Gasteiger charge is 2.26. The van der Waals surface area contributed by atoms with Gasteiger partial charge in [0.15, 0.2) is 19.7 Å². The number of nitrogens with two attached hydrogens (primary N) is 3. The number of methoxy groups -OCH3 is 2. The first kappa shape index (κ1) is 64.1. The van der Waals surface area contributed by atoms with Gasteiger partial charge in [-0.25, -0.2) is 26.4 Å². The average molecular weight is 999 g/mol. The van der Waals surface area contributed by atoms with Crippen molar-refractivity contribution in [2.24, 2.45) is 5.73 Å². The first-order valence-corrected chi connectivity index (χ1v) is 25.1. The second kappa shape index (κ2) is 32.7. The largest absolute Gasteiger partial charge is 0.496 e. The van der Waals surface area contributed by atoms with Crippen molar-refractivity contribution in [3.8, 4) is 11.5 Å². The van der Waals surface area contributed by atoms with Crippen molar-refractivity contribution in [2.45, 2.75) is 97.0 Å². The number of aromatic carboxylic acids is 1. The third-order valence-electron chi connectivity index (χ3n) is 10.6. The number of morpholine rings is 1. The number of carbonyl (C=O) groups is 3. The number of carbonyl (C=O) groups excluding carboxylic acids is 2. The summed E-state index contributed by atoms with van der Waals surface area (Å²) in [7, 11) is -2.25. The number of amides is 1. The van der Waals surface area contributed by atoms with Crippen LogP contribution >= 0.6 is 11.6 Å². The van der Waals surface area contributed by atoms with Crippen LogP contribution in [-0.2, 0) is 29.1 Å². The van der Waals surface area contributed by atoms with Crippen molar-refractivity contribution in [1.82, 2.24) is 20.0 Å². The van der Waals surface area contributed by atoms with Crippen LogP contribution in [0.1, 0.15) is 95.9 Å². The Morgan fingerprint density at radius 2 is 1.21 bits per heavy atom. The highest BCUT2D eigenvalue weighted by atomic mass is 35.5. The Balaban J connectivity index is 0. The molecule has 19 nitrogen and oxygen atoms in total. The van der Waals surface area contributed by atoms with E-state index in [9.17, 15) is 31.2 Å². The number of carboxylic acids is 1. The van der Waals surface area contributed by atoms with Crippen LogP contribution in [0.4, 0.5) is 16.2 Å². The van der Waals surface area contributed by atoms with Crippen molar-refractivity contribution in [3.05, 3.63) is 35.4 Å². The third kappa shape index (κ3) is 20.9. The monoisotopic (exact) mass is 997 g/mol. The minimum atomic E-state index is -3.55. The van der Waals surface area contributed by atoms with Crippen molar-refractivity contribution in [1.29, 1.82) is 0 Å². The Hall–Kier alpha value is -3.96. The number of likely N-dealkylation sites (tertiary alicyclic amines) is 2. The molecule has 3 aliphatic heterocycles. The molecule has 0 aliphatic carbocycles. The molecule has 3 fully saturated rings. The van der Waals surface area contributed by atoms with E-state index in [0.717, 1.165) is 64.8 Å². The molecule has 0 bridgehead atoms. The van der Waals surface area contributed by atoms with E-state index in [4.69, 9.17) is 48.1 Å². The van der Waals surface area contributed by atoms with Gasteiger partial charge in [0, 0.05) is 62.0 Å². The molecule has 0 unspecified atom stereocenters. The van der Waals surface area contributed by atoms with E-state index in [1.807, 2.05) is 0 Å². The summed E-state index contributed by atoms with van der Waals surface area (Å²) in [6.07, 6.45) is 4.82. The first-order valence-electron chi connectivity index (χ1n) is 21.4. The number of hydrogen-bond acceptors (Lipinski definition) is 17. The van der Waals surface area contributed by atoms with Crippen LogP contribution < -0.4 is 32.0 Å². The van der Waals surface area contributed by atoms with Crippen LogP contribution in [0, 0.1) is 0 Å². The van der Waals surface area contributed by atoms with Gasteiger partial charge in [-0.05, 0) is 78.0 Å². The van der Waals surface area contributed by atoms with Crippen molar-refractivity contribution < 1.29 is 55.3 Å². The fraction of sp³-hybridized carbons (Fsp3) is 0.659. The van der Waals surface area contributed by atoms with Gasteiger partial charge in [-0.2, -0.15) is 0 Å². The van der Waals surface area contributed by atoms with E-state index >= 15 is 0 Å². The second-order valence-electron chi connectivity index (χ2n) is 14.7. The van der Waals surface area contributed by atoms with Crippen LogP contribution in [0.25, 0.3) is 0 Å². The van der Waals surface area contributed by atoms with E-state index in [-0.39, 0.29) is 76.1 Å². The fourth-order valence-electron chi connectivity index (χ4n) is 6.88. The molecule has 0 aromatic heterocycles. The number of halogens is 1. The lowest BCUT2D eigenvalue weighted by atomic mass is 10.1. The summed E-state index contributed by atoms with van der Waals surface area (Å²) in [6.45, 7) is 19.2. The van der Waals surface area contributed by atoms with Crippen LogP contribution in [0.15, 0.2) is 34.1 Å². The third-order valence-corrected chi connectivity index (χ3v) is 14.3. The molecule has 0 spiro atoms. The van der Waals surface area contributed by atoms with Crippen molar-refractivity contribution in [2.75, 3.05) is 116 Å².